The average Bonchev–Trinajstić information content (AvgIpc) is 3.13. The molecule has 1 aliphatic rings. The Balaban J connectivity index is 1.46. The Morgan fingerprint density at radius 2 is 1.96 bits per heavy atom. The van der Waals surface area contributed by atoms with Crippen LogP contribution in [0.5, 0.6) is 0 Å². The van der Waals surface area contributed by atoms with E-state index in [1.54, 1.807) is 23.4 Å². The zero-order valence-corrected chi connectivity index (χ0v) is 13.6. The first-order valence-corrected chi connectivity index (χ1v) is 8.22. The van der Waals surface area contributed by atoms with Crippen molar-refractivity contribution < 1.29 is 13.8 Å². The largest absolute Gasteiger partial charge is 0.334 e. The number of rotatable bonds is 4. The predicted molar refractivity (Wildman–Crippen MR) is 89.3 cm³/mol. The number of benzene rings is 1. The van der Waals surface area contributed by atoms with Crippen molar-refractivity contribution in [2.75, 3.05) is 18.2 Å². The standard InChI is InChI=1S/C18H17FN4O2/c19-15-6-3-13(4-7-15)11-16-21-18(25-22-16)14-5-8-17(20-12-14)23-9-1-2-10-24-23/h3-8,12H,1-2,9-11H2. The summed E-state index contributed by atoms with van der Waals surface area (Å²) in [6, 6.07) is 10.0. The van der Waals surface area contributed by atoms with Crippen molar-refractivity contribution in [1.29, 1.82) is 0 Å². The smallest absolute Gasteiger partial charge is 0.259 e. The molecule has 4 rings (SSSR count). The quantitative estimate of drug-likeness (QED) is 0.725. The molecule has 1 aromatic carbocycles. The van der Waals surface area contributed by atoms with Gasteiger partial charge >= 0.3 is 0 Å². The van der Waals surface area contributed by atoms with E-state index in [2.05, 4.69) is 15.1 Å². The lowest BCUT2D eigenvalue weighted by molar-refractivity contribution is 0.0761. The van der Waals surface area contributed by atoms with Crippen molar-refractivity contribution in [3.05, 3.63) is 59.8 Å². The summed E-state index contributed by atoms with van der Waals surface area (Å²) in [7, 11) is 0. The molecule has 0 radical (unpaired) electrons. The van der Waals surface area contributed by atoms with Crippen molar-refractivity contribution in [3.8, 4) is 11.5 Å². The summed E-state index contributed by atoms with van der Waals surface area (Å²) in [6.07, 6.45) is 4.35. The molecular formula is C18H17FN4O2. The molecule has 0 unspecified atom stereocenters. The van der Waals surface area contributed by atoms with Crippen LogP contribution in [-0.2, 0) is 11.3 Å². The molecule has 3 aromatic rings. The number of anilines is 1. The second-order valence-electron chi connectivity index (χ2n) is 5.87. The van der Waals surface area contributed by atoms with E-state index in [1.807, 2.05) is 12.1 Å². The summed E-state index contributed by atoms with van der Waals surface area (Å²) in [6.45, 7) is 1.56. The molecule has 0 bridgehead atoms. The van der Waals surface area contributed by atoms with E-state index in [4.69, 9.17) is 9.36 Å². The predicted octanol–water partition coefficient (Wildman–Crippen LogP) is 3.39. The fourth-order valence-electron chi connectivity index (χ4n) is 2.67. The maximum Gasteiger partial charge on any atom is 0.259 e. The average molecular weight is 340 g/mol. The van der Waals surface area contributed by atoms with Gasteiger partial charge in [-0.15, -0.1) is 0 Å². The van der Waals surface area contributed by atoms with Crippen molar-refractivity contribution in [3.63, 3.8) is 0 Å². The second kappa shape index (κ2) is 6.98. The number of halogens is 1. The summed E-state index contributed by atoms with van der Waals surface area (Å²) < 4.78 is 18.3. The fraction of sp³-hybridized carbons (Fsp3) is 0.278. The Hall–Kier alpha value is -2.80. The number of hydrogen-bond donors (Lipinski definition) is 0. The van der Waals surface area contributed by atoms with Gasteiger partial charge in [0.2, 0.25) is 0 Å². The zero-order valence-electron chi connectivity index (χ0n) is 13.6. The third-order valence-electron chi connectivity index (χ3n) is 4.00. The molecule has 6 nitrogen and oxygen atoms in total. The minimum absolute atomic E-state index is 0.263. The highest BCUT2D eigenvalue weighted by Crippen LogP contribution is 2.22. The molecule has 7 heteroatoms. The van der Waals surface area contributed by atoms with Gasteiger partial charge in [0.05, 0.1) is 12.2 Å². The normalized spacial score (nSPS) is 14.7. The van der Waals surface area contributed by atoms with Gasteiger partial charge in [-0.1, -0.05) is 17.3 Å². The van der Waals surface area contributed by atoms with Crippen LogP contribution in [0.15, 0.2) is 47.1 Å². The lowest BCUT2D eigenvalue weighted by atomic mass is 10.1. The Bertz CT molecular complexity index is 827. The molecule has 2 aromatic heterocycles. The molecule has 0 saturated carbocycles. The molecule has 0 aliphatic carbocycles. The first kappa shape index (κ1) is 15.7. The summed E-state index contributed by atoms with van der Waals surface area (Å²) in [5.41, 5.74) is 1.67. The van der Waals surface area contributed by atoms with Crippen LogP contribution in [0.3, 0.4) is 0 Å². The highest BCUT2D eigenvalue weighted by molar-refractivity contribution is 5.54. The van der Waals surface area contributed by atoms with E-state index in [9.17, 15) is 4.39 Å². The van der Waals surface area contributed by atoms with Gasteiger partial charge in [-0.25, -0.2) is 14.4 Å². The molecule has 25 heavy (non-hydrogen) atoms. The molecule has 3 heterocycles. The molecule has 0 atom stereocenters. The summed E-state index contributed by atoms with van der Waals surface area (Å²) in [4.78, 5) is 14.4. The fourth-order valence-corrected chi connectivity index (χ4v) is 2.67. The maximum absolute atomic E-state index is 12.9. The monoisotopic (exact) mass is 340 g/mol. The van der Waals surface area contributed by atoms with Gasteiger partial charge in [0.15, 0.2) is 11.6 Å². The number of nitrogens with zero attached hydrogens (tertiary/aromatic N) is 4. The maximum atomic E-state index is 12.9. The highest BCUT2D eigenvalue weighted by Gasteiger charge is 2.15. The third kappa shape index (κ3) is 3.66. The van der Waals surface area contributed by atoms with E-state index in [-0.39, 0.29) is 5.82 Å². The Labute approximate surface area is 144 Å². The van der Waals surface area contributed by atoms with Crippen LogP contribution in [0.4, 0.5) is 10.2 Å². The Kier molecular flexibility index (Phi) is 4.39. The summed E-state index contributed by atoms with van der Waals surface area (Å²) >= 11 is 0. The molecule has 0 amide bonds. The van der Waals surface area contributed by atoms with Crippen LogP contribution in [0.1, 0.15) is 24.2 Å². The Morgan fingerprint density at radius 3 is 2.68 bits per heavy atom. The molecule has 0 N–H and O–H groups in total. The minimum atomic E-state index is -0.263. The third-order valence-corrected chi connectivity index (χ3v) is 4.00. The number of hydrogen-bond acceptors (Lipinski definition) is 6. The van der Waals surface area contributed by atoms with Crippen molar-refractivity contribution >= 4 is 5.82 Å². The number of hydroxylamine groups is 1. The zero-order chi connectivity index (χ0) is 17.1. The van der Waals surface area contributed by atoms with Gasteiger partial charge in [-0.05, 0) is 42.7 Å². The SMILES string of the molecule is Fc1ccc(Cc2noc(-c3ccc(N4CCCCO4)nc3)n2)cc1. The van der Waals surface area contributed by atoms with Crippen LogP contribution in [0.25, 0.3) is 11.5 Å². The molecule has 0 spiro atoms. The molecule has 1 saturated heterocycles. The van der Waals surface area contributed by atoms with Gasteiger partial charge in [-0.3, -0.25) is 4.84 Å². The van der Waals surface area contributed by atoms with Gasteiger partial charge in [0.1, 0.15) is 5.82 Å². The van der Waals surface area contributed by atoms with Gasteiger partial charge in [0.25, 0.3) is 5.89 Å². The molecule has 128 valence electrons. The minimum Gasteiger partial charge on any atom is -0.334 e. The lowest BCUT2D eigenvalue weighted by Crippen LogP contribution is -2.30. The van der Waals surface area contributed by atoms with Crippen LogP contribution in [-0.4, -0.2) is 28.3 Å². The van der Waals surface area contributed by atoms with Gasteiger partial charge in [0, 0.05) is 19.2 Å². The summed E-state index contributed by atoms with van der Waals surface area (Å²) in [5, 5.41) is 5.79. The number of pyridine rings is 1. The molecule has 1 aliphatic heterocycles. The van der Waals surface area contributed by atoms with Crippen LogP contribution >= 0.6 is 0 Å². The van der Waals surface area contributed by atoms with Crippen molar-refractivity contribution in [1.82, 2.24) is 15.1 Å². The van der Waals surface area contributed by atoms with Crippen LogP contribution in [0.2, 0.25) is 0 Å². The van der Waals surface area contributed by atoms with Gasteiger partial charge < -0.3 is 4.52 Å². The van der Waals surface area contributed by atoms with E-state index in [0.717, 1.165) is 42.9 Å². The van der Waals surface area contributed by atoms with E-state index < -0.39 is 0 Å². The van der Waals surface area contributed by atoms with E-state index in [0.29, 0.717) is 18.1 Å². The molecule has 1 fully saturated rings. The molecular weight excluding hydrogens is 323 g/mol. The topological polar surface area (TPSA) is 64.3 Å². The second-order valence-corrected chi connectivity index (χ2v) is 5.87. The number of aromatic nitrogens is 3. The highest BCUT2D eigenvalue weighted by atomic mass is 19.1. The van der Waals surface area contributed by atoms with Crippen molar-refractivity contribution in [2.45, 2.75) is 19.3 Å². The Morgan fingerprint density at radius 1 is 1.08 bits per heavy atom. The first-order chi connectivity index (χ1) is 12.3. The first-order valence-electron chi connectivity index (χ1n) is 8.22. The lowest BCUT2D eigenvalue weighted by Gasteiger charge is -2.26. The van der Waals surface area contributed by atoms with Crippen LogP contribution < -0.4 is 5.06 Å². The van der Waals surface area contributed by atoms with Crippen molar-refractivity contribution in [2.24, 2.45) is 0 Å². The van der Waals surface area contributed by atoms with E-state index in [1.165, 1.54) is 12.1 Å². The van der Waals surface area contributed by atoms with Gasteiger partial charge in [-0.2, -0.15) is 4.98 Å². The van der Waals surface area contributed by atoms with Crippen LogP contribution in [0, 0.1) is 5.82 Å². The summed E-state index contributed by atoms with van der Waals surface area (Å²) in [5.74, 6) is 1.47. The van der Waals surface area contributed by atoms with E-state index >= 15 is 0 Å².